The number of amides is 1. The normalized spacial score (nSPS) is 20.8. The number of benzene rings is 1. The Labute approximate surface area is 132 Å². The number of carbonyl (C=O) groups is 1. The first kappa shape index (κ1) is 15.3. The van der Waals surface area contributed by atoms with Crippen LogP contribution in [0, 0.1) is 12.8 Å². The zero-order valence-corrected chi connectivity index (χ0v) is 13.6. The van der Waals surface area contributed by atoms with Gasteiger partial charge in [-0.2, -0.15) is 0 Å². The molecule has 1 aromatic carbocycles. The Morgan fingerprint density at radius 1 is 1.36 bits per heavy atom. The smallest absolute Gasteiger partial charge is 0.233 e. The maximum absolute atomic E-state index is 13.0. The van der Waals surface area contributed by atoms with Gasteiger partial charge in [0.15, 0.2) is 0 Å². The van der Waals surface area contributed by atoms with Gasteiger partial charge in [0, 0.05) is 13.1 Å². The second kappa shape index (κ2) is 5.92. The molecule has 4 nitrogen and oxygen atoms in total. The Balaban J connectivity index is 1.77. The highest BCUT2D eigenvalue weighted by Gasteiger charge is 2.53. The van der Waals surface area contributed by atoms with E-state index < -0.39 is 0 Å². The van der Waals surface area contributed by atoms with Crippen LogP contribution < -0.4 is 10.5 Å². The average Bonchev–Trinajstić information content (AvgIpc) is 3.36. The van der Waals surface area contributed by atoms with Crippen molar-refractivity contribution < 1.29 is 9.53 Å². The fraction of sp³-hybridized carbons (Fsp3) is 0.611. The van der Waals surface area contributed by atoms with E-state index in [1.165, 1.54) is 0 Å². The highest BCUT2D eigenvalue weighted by atomic mass is 16.5. The van der Waals surface area contributed by atoms with Crippen LogP contribution in [0.4, 0.5) is 0 Å². The minimum absolute atomic E-state index is 0.295. The summed E-state index contributed by atoms with van der Waals surface area (Å²) >= 11 is 0. The molecule has 1 saturated carbocycles. The van der Waals surface area contributed by atoms with Crippen molar-refractivity contribution in [3.63, 3.8) is 0 Å². The summed E-state index contributed by atoms with van der Waals surface area (Å²) in [7, 11) is 1.69. The van der Waals surface area contributed by atoms with Crippen LogP contribution in [-0.4, -0.2) is 37.6 Å². The molecule has 0 aromatic heterocycles. The molecule has 0 atom stereocenters. The summed E-state index contributed by atoms with van der Waals surface area (Å²) in [5.74, 6) is 1.76. The lowest BCUT2D eigenvalue weighted by molar-refractivity contribution is -0.135. The molecule has 3 rings (SSSR count). The third kappa shape index (κ3) is 2.60. The predicted octanol–water partition coefficient (Wildman–Crippen LogP) is 2.23. The number of hydrogen-bond donors (Lipinski definition) is 1. The lowest BCUT2D eigenvalue weighted by Crippen LogP contribution is -2.45. The first-order chi connectivity index (χ1) is 10.6. The molecule has 1 saturated heterocycles. The van der Waals surface area contributed by atoms with Crippen molar-refractivity contribution in [3.05, 3.63) is 29.3 Å². The molecule has 0 radical (unpaired) electrons. The molecule has 2 aliphatic rings. The summed E-state index contributed by atoms with van der Waals surface area (Å²) in [6.07, 6.45) is 3.98. The van der Waals surface area contributed by atoms with Crippen molar-refractivity contribution in [1.82, 2.24) is 4.90 Å². The van der Waals surface area contributed by atoms with Crippen LogP contribution in [0.3, 0.4) is 0 Å². The van der Waals surface area contributed by atoms with Crippen LogP contribution >= 0.6 is 0 Å². The fourth-order valence-electron chi connectivity index (χ4n) is 3.54. The van der Waals surface area contributed by atoms with Gasteiger partial charge in [0.1, 0.15) is 5.75 Å². The third-order valence-electron chi connectivity index (χ3n) is 5.36. The summed E-state index contributed by atoms with van der Waals surface area (Å²) in [4.78, 5) is 15.1. The van der Waals surface area contributed by atoms with Crippen molar-refractivity contribution in [2.24, 2.45) is 11.7 Å². The Morgan fingerprint density at radius 2 is 2.05 bits per heavy atom. The van der Waals surface area contributed by atoms with Crippen molar-refractivity contribution >= 4 is 5.91 Å². The third-order valence-corrected chi connectivity index (χ3v) is 5.36. The molecule has 0 bridgehead atoms. The first-order valence-corrected chi connectivity index (χ1v) is 8.25. The zero-order chi connectivity index (χ0) is 15.7. The van der Waals surface area contributed by atoms with Crippen LogP contribution in [-0.2, 0) is 10.2 Å². The lowest BCUT2D eigenvalue weighted by atomic mass is 9.90. The second-order valence-corrected chi connectivity index (χ2v) is 6.74. The van der Waals surface area contributed by atoms with E-state index in [4.69, 9.17) is 10.5 Å². The maximum Gasteiger partial charge on any atom is 0.233 e. The molecule has 2 fully saturated rings. The minimum Gasteiger partial charge on any atom is -0.496 e. The van der Waals surface area contributed by atoms with Gasteiger partial charge < -0.3 is 15.4 Å². The van der Waals surface area contributed by atoms with Gasteiger partial charge in [0.25, 0.3) is 0 Å². The van der Waals surface area contributed by atoms with E-state index >= 15 is 0 Å². The average molecular weight is 302 g/mol. The number of carbonyl (C=O) groups excluding carboxylic acids is 1. The van der Waals surface area contributed by atoms with Crippen molar-refractivity contribution in [2.75, 3.05) is 26.7 Å². The molecule has 22 heavy (non-hydrogen) atoms. The molecule has 1 heterocycles. The highest BCUT2D eigenvalue weighted by Crippen LogP contribution is 2.50. The van der Waals surface area contributed by atoms with Gasteiger partial charge in [-0.3, -0.25) is 4.79 Å². The zero-order valence-electron chi connectivity index (χ0n) is 13.6. The van der Waals surface area contributed by atoms with Gasteiger partial charge in [-0.15, -0.1) is 0 Å². The Hall–Kier alpha value is -1.55. The fourth-order valence-corrected chi connectivity index (χ4v) is 3.54. The van der Waals surface area contributed by atoms with Crippen molar-refractivity contribution in [3.8, 4) is 5.75 Å². The van der Waals surface area contributed by atoms with E-state index in [1.807, 2.05) is 17.9 Å². The van der Waals surface area contributed by atoms with Gasteiger partial charge in [-0.05, 0) is 62.3 Å². The Morgan fingerprint density at radius 3 is 2.59 bits per heavy atom. The number of hydrogen-bond acceptors (Lipinski definition) is 3. The number of methoxy groups -OCH3 is 1. The van der Waals surface area contributed by atoms with Gasteiger partial charge in [-0.1, -0.05) is 12.1 Å². The number of nitrogens with zero attached hydrogens (tertiary/aromatic N) is 1. The number of aryl methyl sites for hydroxylation is 1. The number of ether oxygens (including phenoxy) is 1. The molecule has 2 N–H and O–H groups in total. The molecule has 4 heteroatoms. The van der Waals surface area contributed by atoms with E-state index in [1.54, 1.807) is 7.11 Å². The van der Waals surface area contributed by atoms with E-state index in [-0.39, 0.29) is 5.41 Å². The van der Waals surface area contributed by atoms with Crippen LogP contribution in [0.25, 0.3) is 0 Å². The number of nitrogens with two attached hydrogens (primary N) is 1. The molecular formula is C18H26N2O2. The van der Waals surface area contributed by atoms with Gasteiger partial charge in [-0.25, -0.2) is 0 Å². The van der Waals surface area contributed by atoms with E-state index in [0.717, 1.165) is 62.2 Å². The van der Waals surface area contributed by atoms with Gasteiger partial charge in [0.05, 0.1) is 12.5 Å². The van der Waals surface area contributed by atoms with Crippen LogP contribution in [0.2, 0.25) is 0 Å². The maximum atomic E-state index is 13.0. The Bertz CT molecular complexity index is 558. The molecular weight excluding hydrogens is 276 g/mol. The van der Waals surface area contributed by atoms with Crippen LogP contribution in [0.1, 0.15) is 36.8 Å². The predicted molar refractivity (Wildman–Crippen MR) is 87.0 cm³/mol. The quantitative estimate of drug-likeness (QED) is 0.928. The molecule has 1 aliphatic carbocycles. The molecule has 0 spiro atoms. The van der Waals surface area contributed by atoms with E-state index in [9.17, 15) is 4.79 Å². The number of rotatable bonds is 4. The largest absolute Gasteiger partial charge is 0.496 e. The highest BCUT2D eigenvalue weighted by molar-refractivity contribution is 5.91. The minimum atomic E-state index is -0.295. The number of likely N-dealkylation sites (tertiary alicyclic amines) is 1. The van der Waals surface area contributed by atoms with Gasteiger partial charge >= 0.3 is 0 Å². The van der Waals surface area contributed by atoms with Crippen LogP contribution in [0.15, 0.2) is 18.2 Å². The van der Waals surface area contributed by atoms with Crippen molar-refractivity contribution in [2.45, 2.75) is 38.0 Å². The van der Waals surface area contributed by atoms with E-state index in [0.29, 0.717) is 11.8 Å². The summed E-state index contributed by atoms with van der Waals surface area (Å²) < 4.78 is 5.42. The topological polar surface area (TPSA) is 55.6 Å². The molecule has 1 amide bonds. The molecule has 0 unspecified atom stereocenters. The SMILES string of the molecule is COc1cc(C2(C(=O)N3CCC(CN)CC3)CC2)ccc1C. The van der Waals surface area contributed by atoms with E-state index in [2.05, 4.69) is 12.1 Å². The summed E-state index contributed by atoms with van der Waals surface area (Å²) in [6, 6.07) is 6.20. The van der Waals surface area contributed by atoms with Crippen molar-refractivity contribution in [1.29, 1.82) is 0 Å². The summed E-state index contributed by atoms with van der Waals surface area (Å²) in [6.45, 7) is 4.47. The standard InChI is InChI=1S/C18H26N2O2/c1-13-3-4-15(11-16(13)22-2)18(7-8-18)17(21)20-9-5-14(12-19)6-10-20/h3-4,11,14H,5-10,12,19H2,1-2H3. The lowest BCUT2D eigenvalue weighted by Gasteiger charge is -2.34. The van der Waals surface area contributed by atoms with Gasteiger partial charge in [0.2, 0.25) is 5.91 Å². The molecule has 1 aromatic rings. The van der Waals surface area contributed by atoms with Crippen LogP contribution in [0.5, 0.6) is 5.75 Å². The summed E-state index contributed by atoms with van der Waals surface area (Å²) in [5, 5.41) is 0. The first-order valence-electron chi connectivity index (χ1n) is 8.25. The Kier molecular flexibility index (Phi) is 4.13. The molecule has 120 valence electrons. The number of piperidine rings is 1. The monoisotopic (exact) mass is 302 g/mol. The summed E-state index contributed by atoms with van der Waals surface area (Å²) in [5.41, 5.74) is 7.67. The molecule has 1 aliphatic heterocycles. The second-order valence-electron chi connectivity index (χ2n) is 6.74.